The third kappa shape index (κ3) is 4.61. The van der Waals surface area contributed by atoms with E-state index in [-0.39, 0.29) is 10.7 Å². The predicted octanol–water partition coefficient (Wildman–Crippen LogP) is 1.99. The van der Waals surface area contributed by atoms with E-state index in [1.165, 1.54) is 6.92 Å². The molecule has 0 saturated carbocycles. The number of hydrazone groups is 1. The summed E-state index contributed by atoms with van der Waals surface area (Å²) in [5.41, 5.74) is -0.968. The molecular formula is C20H15N5O8. The summed E-state index contributed by atoms with van der Waals surface area (Å²) < 4.78 is 0. The van der Waals surface area contributed by atoms with E-state index < -0.39 is 56.2 Å². The molecule has 0 bridgehead atoms. The van der Waals surface area contributed by atoms with Gasteiger partial charge in [0.25, 0.3) is 29.1 Å². The predicted molar refractivity (Wildman–Crippen MR) is 112 cm³/mol. The van der Waals surface area contributed by atoms with Gasteiger partial charge in [0.15, 0.2) is 0 Å². The second-order valence-electron chi connectivity index (χ2n) is 7.07. The van der Waals surface area contributed by atoms with Crippen LogP contribution >= 0.6 is 0 Å². The van der Waals surface area contributed by atoms with Crippen LogP contribution in [0.25, 0.3) is 0 Å². The summed E-state index contributed by atoms with van der Waals surface area (Å²) in [4.78, 5) is 70.6. The van der Waals surface area contributed by atoms with E-state index in [1.54, 1.807) is 24.3 Å². The number of hydrogen-bond donors (Lipinski definition) is 1. The van der Waals surface area contributed by atoms with Gasteiger partial charge >= 0.3 is 0 Å². The van der Waals surface area contributed by atoms with Gasteiger partial charge < -0.3 is 5.32 Å². The molecule has 0 radical (unpaired) electrons. The standard InChI is InChI=1S/C20H15N5O8/c1-10-3-5-13(6-4-10)21-18(27)17(26)16-11(2)22-23(20(16)29)19(28)12-7-14(24(30)31)9-15(8-12)25(32)33/h3-9,16H,1-2H3,(H,21,27)/t16-/m1/s1. The molecule has 33 heavy (non-hydrogen) atoms. The maximum absolute atomic E-state index is 12.8. The fraction of sp³-hybridized carbons (Fsp3) is 0.150. The molecule has 1 atom stereocenters. The van der Waals surface area contributed by atoms with Crippen molar-refractivity contribution in [2.24, 2.45) is 11.0 Å². The second kappa shape index (κ2) is 8.74. The monoisotopic (exact) mass is 453 g/mol. The molecule has 0 fully saturated rings. The van der Waals surface area contributed by atoms with Gasteiger partial charge in [0.2, 0.25) is 5.78 Å². The number of nitrogens with one attached hydrogen (secondary N) is 1. The first kappa shape index (κ1) is 22.9. The van der Waals surface area contributed by atoms with Gasteiger partial charge in [-0.15, -0.1) is 0 Å². The number of carbonyl (C=O) groups is 4. The minimum absolute atomic E-state index is 0.155. The van der Waals surface area contributed by atoms with Crippen LogP contribution in [0.4, 0.5) is 17.1 Å². The number of carbonyl (C=O) groups excluding carboxylic acids is 4. The molecule has 3 amide bonds. The van der Waals surface area contributed by atoms with E-state index in [1.807, 2.05) is 6.92 Å². The normalized spacial score (nSPS) is 15.1. The summed E-state index contributed by atoms with van der Waals surface area (Å²) in [6.07, 6.45) is 0. The van der Waals surface area contributed by atoms with E-state index in [0.717, 1.165) is 17.7 Å². The van der Waals surface area contributed by atoms with Crippen molar-refractivity contribution in [1.82, 2.24) is 5.01 Å². The van der Waals surface area contributed by atoms with Gasteiger partial charge in [0.1, 0.15) is 5.92 Å². The number of nitro benzene ring substituents is 2. The molecule has 1 aliphatic heterocycles. The molecule has 3 rings (SSSR count). The third-order valence-corrected chi connectivity index (χ3v) is 4.69. The van der Waals surface area contributed by atoms with Gasteiger partial charge in [0.05, 0.1) is 27.2 Å². The van der Waals surface area contributed by atoms with Gasteiger partial charge in [0, 0.05) is 17.8 Å². The van der Waals surface area contributed by atoms with Crippen LogP contribution in [0.2, 0.25) is 0 Å². The van der Waals surface area contributed by atoms with E-state index in [2.05, 4.69) is 10.4 Å². The molecule has 2 aromatic carbocycles. The van der Waals surface area contributed by atoms with E-state index in [0.29, 0.717) is 11.8 Å². The van der Waals surface area contributed by atoms with E-state index in [9.17, 15) is 39.4 Å². The molecule has 1 heterocycles. The van der Waals surface area contributed by atoms with Gasteiger partial charge in [-0.3, -0.25) is 39.4 Å². The Morgan fingerprint density at radius 3 is 2.03 bits per heavy atom. The van der Waals surface area contributed by atoms with Crippen molar-refractivity contribution in [3.63, 3.8) is 0 Å². The van der Waals surface area contributed by atoms with Crippen LogP contribution in [-0.4, -0.2) is 44.1 Å². The number of nitro groups is 2. The zero-order chi connectivity index (χ0) is 24.4. The molecule has 0 saturated heterocycles. The molecule has 13 heteroatoms. The molecule has 168 valence electrons. The summed E-state index contributed by atoms with van der Waals surface area (Å²) >= 11 is 0. The SMILES string of the molecule is CC1=NN(C(=O)c2cc([N+](=O)[O-])cc([N+](=O)[O-])c2)C(=O)[C@H]1C(=O)C(=O)Nc1ccc(C)cc1. The second-order valence-corrected chi connectivity index (χ2v) is 7.07. The lowest BCUT2D eigenvalue weighted by Crippen LogP contribution is -2.40. The topological polar surface area (TPSA) is 182 Å². The Balaban J connectivity index is 1.84. The molecule has 0 aliphatic carbocycles. The molecule has 1 N–H and O–H groups in total. The Morgan fingerprint density at radius 2 is 1.52 bits per heavy atom. The van der Waals surface area contributed by atoms with Crippen LogP contribution in [-0.2, 0) is 14.4 Å². The number of ketones is 1. The number of rotatable bonds is 6. The number of non-ortho nitro benzene ring substituents is 2. The maximum Gasteiger partial charge on any atom is 0.293 e. The lowest BCUT2D eigenvalue weighted by molar-refractivity contribution is -0.394. The van der Waals surface area contributed by atoms with Gasteiger partial charge in [-0.05, 0) is 26.0 Å². The Bertz CT molecular complexity index is 1220. The lowest BCUT2D eigenvalue weighted by Gasteiger charge is -2.12. The number of nitrogens with zero attached hydrogens (tertiary/aromatic N) is 4. The lowest BCUT2D eigenvalue weighted by atomic mass is 9.98. The van der Waals surface area contributed by atoms with Crippen LogP contribution in [0.1, 0.15) is 22.8 Å². The molecule has 0 spiro atoms. The Labute approximate surface area is 185 Å². The number of aryl methyl sites for hydroxylation is 1. The highest BCUT2D eigenvalue weighted by atomic mass is 16.6. The molecule has 2 aromatic rings. The van der Waals surface area contributed by atoms with Crippen LogP contribution < -0.4 is 5.32 Å². The number of Topliss-reactive ketones (excluding diaryl/α,β-unsaturated/α-hetero) is 1. The largest absolute Gasteiger partial charge is 0.319 e. The highest BCUT2D eigenvalue weighted by Gasteiger charge is 2.44. The van der Waals surface area contributed by atoms with Crippen molar-refractivity contribution in [1.29, 1.82) is 0 Å². The van der Waals surface area contributed by atoms with Crippen molar-refractivity contribution < 1.29 is 29.0 Å². The highest BCUT2D eigenvalue weighted by molar-refractivity contribution is 6.49. The third-order valence-electron chi connectivity index (χ3n) is 4.69. The Hall–Kier alpha value is -4.81. The summed E-state index contributed by atoms with van der Waals surface area (Å²) in [7, 11) is 0. The van der Waals surface area contributed by atoms with E-state index >= 15 is 0 Å². The number of anilines is 1. The van der Waals surface area contributed by atoms with Crippen molar-refractivity contribution in [2.45, 2.75) is 13.8 Å². The fourth-order valence-electron chi connectivity index (χ4n) is 3.03. The zero-order valence-electron chi connectivity index (χ0n) is 17.2. The maximum atomic E-state index is 12.8. The van der Waals surface area contributed by atoms with E-state index in [4.69, 9.17) is 0 Å². The summed E-state index contributed by atoms with van der Waals surface area (Å²) in [5.74, 6) is -6.33. The number of amides is 3. The van der Waals surface area contributed by atoms with Gasteiger partial charge in [-0.25, -0.2) is 0 Å². The summed E-state index contributed by atoms with van der Waals surface area (Å²) in [6, 6.07) is 8.66. The minimum atomic E-state index is -1.69. The minimum Gasteiger partial charge on any atom is -0.319 e. The van der Waals surface area contributed by atoms with Crippen molar-refractivity contribution in [3.8, 4) is 0 Å². The smallest absolute Gasteiger partial charge is 0.293 e. The first-order valence-corrected chi connectivity index (χ1v) is 9.28. The zero-order valence-corrected chi connectivity index (χ0v) is 17.2. The van der Waals surface area contributed by atoms with Crippen molar-refractivity contribution >= 4 is 46.3 Å². The number of imide groups is 1. The first-order chi connectivity index (χ1) is 15.5. The average molecular weight is 453 g/mol. The highest BCUT2D eigenvalue weighted by Crippen LogP contribution is 2.26. The van der Waals surface area contributed by atoms with Gasteiger partial charge in [-0.2, -0.15) is 10.1 Å². The summed E-state index contributed by atoms with van der Waals surface area (Å²) in [5, 5.41) is 28.4. The van der Waals surface area contributed by atoms with Crippen LogP contribution in [0, 0.1) is 33.1 Å². The molecular weight excluding hydrogens is 438 g/mol. The van der Waals surface area contributed by atoms with Crippen LogP contribution in [0.3, 0.4) is 0 Å². The molecule has 0 aromatic heterocycles. The molecule has 1 aliphatic rings. The Morgan fingerprint density at radius 1 is 0.970 bits per heavy atom. The number of benzene rings is 2. The fourth-order valence-corrected chi connectivity index (χ4v) is 3.03. The quantitative estimate of drug-likeness (QED) is 0.226. The molecule has 0 unspecified atom stereocenters. The van der Waals surface area contributed by atoms with Gasteiger partial charge in [-0.1, -0.05) is 17.7 Å². The van der Waals surface area contributed by atoms with Crippen LogP contribution in [0.5, 0.6) is 0 Å². The van der Waals surface area contributed by atoms with Crippen molar-refractivity contribution in [3.05, 3.63) is 73.8 Å². The van der Waals surface area contributed by atoms with Crippen molar-refractivity contribution in [2.75, 3.05) is 5.32 Å². The number of hydrogen-bond acceptors (Lipinski definition) is 9. The first-order valence-electron chi connectivity index (χ1n) is 9.28. The average Bonchev–Trinajstić information content (AvgIpc) is 3.07. The van der Waals surface area contributed by atoms with Crippen LogP contribution in [0.15, 0.2) is 47.6 Å². The summed E-state index contributed by atoms with van der Waals surface area (Å²) in [6.45, 7) is 3.08. The Kier molecular flexibility index (Phi) is 6.06. The molecule has 13 nitrogen and oxygen atoms in total.